The number of benzene rings is 2. The van der Waals surface area contributed by atoms with Crippen LogP contribution in [0.3, 0.4) is 0 Å². The lowest BCUT2D eigenvalue weighted by Crippen LogP contribution is -2.22. The number of hydrogen-bond acceptors (Lipinski definition) is 5. The number of nitriles is 1. The summed E-state index contributed by atoms with van der Waals surface area (Å²) in [5, 5.41) is 22.6. The van der Waals surface area contributed by atoms with Gasteiger partial charge in [-0.1, -0.05) is 30.3 Å². The number of nitrogens with one attached hydrogen (secondary N) is 1. The second-order valence-corrected chi connectivity index (χ2v) is 5.92. The number of nitro groups is 1. The van der Waals surface area contributed by atoms with E-state index >= 15 is 0 Å². The molecular formula is C20H14N4O4. The van der Waals surface area contributed by atoms with Crippen molar-refractivity contribution in [2.24, 2.45) is 0 Å². The molecule has 0 aliphatic rings. The topological polar surface area (TPSA) is 118 Å². The average Bonchev–Trinajstić information content (AvgIpc) is 2.70. The summed E-state index contributed by atoms with van der Waals surface area (Å²) in [6.07, 6.45) is 1.43. The zero-order valence-electron chi connectivity index (χ0n) is 14.5. The number of nitrogens with zero attached hydrogens (tertiary/aromatic N) is 3. The summed E-state index contributed by atoms with van der Waals surface area (Å²) in [5.41, 5.74) is 0.751. The molecule has 0 radical (unpaired) electrons. The molecule has 1 amide bonds. The first-order valence-electron chi connectivity index (χ1n) is 8.22. The van der Waals surface area contributed by atoms with Crippen molar-refractivity contribution < 1.29 is 9.72 Å². The van der Waals surface area contributed by atoms with Gasteiger partial charge in [-0.05, 0) is 17.7 Å². The van der Waals surface area contributed by atoms with Crippen LogP contribution in [0.2, 0.25) is 0 Å². The number of rotatable bonds is 5. The van der Waals surface area contributed by atoms with E-state index in [1.807, 2.05) is 36.4 Å². The average molecular weight is 374 g/mol. The maximum absolute atomic E-state index is 12.5. The summed E-state index contributed by atoms with van der Waals surface area (Å²) >= 11 is 0. The number of hydrogen-bond donors (Lipinski definition) is 1. The normalized spacial score (nSPS) is 10.1. The molecule has 0 saturated carbocycles. The maximum atomic E-state index is 12.5. The Balaban J connectivity index is 1.86. The predicted octanol–water partition coefficient (Wildman–Crippen LogP) is 2.93. The van der Waals surface area contributed by atoms with Gasteiger partial charge in [-0.3, -0.25) is 19.7 Å². The Kier molecular flexibility index (Phi) is 5.28. The molecule has 2 aromatic carbocycles. The fourth-order valence-electron chi connectivity index (χ4n) is 2.61. The summed E-state index contributed by atoms with van der Waals surface area (Å²) in [4.78, 5) is 34.8. The van der Waals surface area contributed by atoms with Crippen LogP contribution in [0.1, 0.15) is 21.5 Å². The van der Waals surface area contributed by atoms with E-state index in [1.165, 1.54) is 35.0 Å². The van der Waals surface area contributed by atoms with Gasteiger partial charge in [0.2, 0.25) is 0 Å². The monoisotopic (exact) mass is 374 g/mol. The van der Waals surface area contributed by atoms with Gasteiger partial charge in [0.1, 0.15) is 6.07 Å². The maximum Gasteiger partial charge on any atom is 0.270 e. The quantitative estimate of drug-likeness (QED) is 0.544. The van der Waals surface area contributed by atoms with Gasteiger partial charge in [0, 0.05) is 24.4 Å². The molecule has 0 aliphatic heterocycles. The van der Waals surface area contributed by atoms with Crippen molar-refractivity contribution in [3.63, 3.8) is 0 Å². The third-order valence-electron chi connectivity index (χ3n) is 4.02. The molecule has 3 rings (SSSR count). The van der Waals surface area contributed by atoms with Crippen molar-refractivity contribution in [3.05, 3.63) is 104 Å². The van der Waals surface area contributed by atoms with Crippen LogP contribution >= 0.6 is 0 Å². The Labute approximate surface area is 159 Å². The number of pyridine rings is 1. The highest BCUT2D eigenvalue weighted by Gasteiger charge is 2.14. The van der Waals surface area contributed by atoms with Crippen molar-refractivity contribution in [1.82, 2.24) is 4.57 Å². The summed E-state index contributed by atoms with van der Waals surface area (Å²) in [6.45, 7) is 0.307. The van der Waals surface area contributed by atoms with Crippen molar-refractivity contribution in [2.45, 2.75) is 6.54 Å². The third kappa shape index (κ3) is 4.11. The van der Waals surface area contributed by atoms with E-state index in [0.29, 0.717) is 6.54 Å². The molecule has 8 nitrogen and oxygen atoms in total. The molecule has 138 valence electrons. The number of non-ortho nitro benzene ring substituents is 1. The van der Waals surface area contributed by atoms with E-state index in [-0.39, 0.29) is 28.1 Å². The van der Waals surface area contributed by atoms with Gasteiger partial charge in [0.15, 0.2) is 0 Å². The molecule has 0 saturated heterocycles. The minimum Gasteiger partial charge on any atom is -0.321 e. The molecule has 1 aromatic heterocycles. The smallest absolute Gasteiger partial charge is 0.270 e. The second kappa shape index (κ2) is 7.97. The fraction of sp³-hybridized carbons (Fsp3) is 0.0500. The molecule has 0 fully saturated rings. The molecular weight excluding hydrogens is 360 g/mol. The zero-order valence-corrected chi connectivity index (χ0v) is 14.5. The first-order valence-corrected chi connectivity index (χ1v) is 8.22. The van der Waals surface area contributed by atoms with E-state index in [2.05, 4.69) is 5.32 Å². The minimum atomic E-state index is -0.619. The van der Waals surface area contributed by atoms with Gasteiger partial charge in [0.25, 0.3) is 17.2 Å². The summed E-state index contributed by atoms with van der Waals surface area (Å²) in [6, 6.07) is 17.4. The first kappa shape index (κ1) is 18.5. The van der Waals surface area contributed by atoms with Crippen LogP contribution in [0, 0.1) is 21.4 Å². The van der Waals surface area contributed by atoms with E-state index in [1.54, 1.807) is 0 Å². The van der Waals surface area contributed by atoms with Gasteiger partial charge in [-0.2, -0.15) is 5.26 Å². The lowest BCUT2D eigenvalue weighted by molar-refractivity contribution is -0.384. The summed E-state index contributed by atoms with van der Waals surface area (Å²) < 4.78 is 1.41. The van der Waals surface area contributed by atoms with Gasteiger partial charge in [-0.25, -0.2) is 0 Å². The number of carbonyl (C=O) groups is 1. The molecule has 1 N–H and O–H groups in total. The molecule has 3 aromatic rings. The Morgan fingerprint density at radius 2 is 1.89 bits per heavy atom. The van der Waals surface area contributed by atoms with Gasteiger partial charge in [0.05, 0.1) is 28.3 Å². The first-order chi connectivity index (χ1) is 13.5. The van der Waals surface area contributed by atoms with Crippen LogP contribution in [0.25, 0.3) is 0 Å². The van der Waals surface area contributed by atoms with Crippen LogP contribution in [0.4, 0.5) is 11.4 Å². The Hall–Kier alpha value is -4.25. The highest BCUT2D eigenvalue weighted by atomic mass is 16.6. The minimum absolute atomic E-state index is 0.0276. The molecule has 8 heteroatoms. The highest BCUT2D eigenvalue weighted by molar-refractivity contribution is 6.04. The Bertz CT molecular complexity index is 1150. The molecule has 0 spiro atoms. The van der Waals surface area contributed by atoms with Crippen molar-refractivity contribution in [2.75, 3.05) is 5.32 Å². The Morgan fingerprint density at radius 1 is 1.14 bits per heavy atom. The van der Waals surface area contributed by atoms with E-state index in [4.69, 9.17) is 0 Å². The molecule has 0 unspecified atom stereocenters. The van der Waals surface area contributed by atoms with Gasteiger partial charge < -0.3 is 9.88 Å². The third-order valence-corrected chi connectivity index (χ3v) is 4.02. The second-order valence-electron chi connectivity index (χ2n) is 5.92. The molecule has 1 heterocycles. The number of anilines is 1. The van der Waals surface area contributed by atoms with Crippen LogP contribution in [0.15, 0.2) is 71.7 Å². The van der Waals surface area contributed by atoms with Crippen LogP contribution in [-0.4, -0.2) is 15.4 Å². The van der Waals surface area contributed by atoms with Crippen molar-refractivity contribution in [1.29, 1.82) is 5.26 Å². The zero-order chi connectivity index (χ0) is 20.1. The van der Waals surface area contributed by atoms with Crippen molar-refractivity contribution in [3.8, 4) is 6.07 Å². The number of amides is 1. The largest absolute Gasteiger partial charge is 0.321 e. The summed E-state index contributed by atoms with van der Waals surface area (Å²) in [5.74, 6) is -0.535. The van der Waals surface area contributed by atoms with E-state index < -0.39 is 10.8 Å². The number of aromatic nitrogens is 1. The van der Waals surface area contributed by atoms with Gasteiger partial charge in [-0.15, -0.1) is 0 Å². The lowest BCUT2D eigenvalue weighted by Gasteiger charge is -2.10. The molecule has 0 aliphatic carbocycles. The number of nitro benzene ring substituents is 1. The molecule has 0 atom stereocenters. The lowest BCUT2D eigenvalue weighted by atomic mass is 10.1. The fourth-order valence-corrected chi connectivity index (χ4v) is 2.61. The highest BCUT2D eigenvalue weighted by Crippen LogP contribution is 2.22. The van der Waals surface area contributed by atoms with Crippen molar-refractivity contribution >= 4 is 17.3 Å². The van der Waals surface area contributed by atoms with E-state index in [0.717, 1.165) is 11.6 Å². The van der Waals surface area contributed by atoms with Crippen LogP contribution in [-0.2, 0) is 6.54 Å². The predicted molar refractivity (Wildman–Crippen MR) is 102 cm³/mol. The Morgan fingerprint density at radius 3 is 2.57 bits per heavy atom. The van der Waals surface area contributed by atoms with Crippen LogP contribution in [0.5, 0.6) is 0 Å². The van der Waals surface area contributed by atoms with Crippen LogP contribution < -0.4 is 10.9 Å². The standard InChI is InChI=1S/C20H14N4O4/c21-11-16-10-17(24(27)28)7-8-18(16)22-20(26)15-6-9-19(25)23(13-15)12-14-4-2-1-3-5-14/h1-10,13H,12H2,(H,22,26). The van der Waals surface area contributed by atoms with Gasteiger partial charge >= 0.3 is 0 Å². The summed E-state index contributed by atoms with van der Waals surface area (Å²) in [7, 11) is 0. The molecule has 0 bridgehead atoms. The van der Waals surface area contributed by atoms with E-state index in [9.17, 15) is 25.0 Å². The molecule has 28 heavy (non-hydrogen) atoms. The number of carbonyl (C=O) groups excluding carboxylic acids is 1. The SMILES string of the molecule is N#Cc1cc([N+](=O)[O-])ccc1NC(=O)c1ccc(=O)n(Cc2ccccc2)c1.